The lowest BCUT2D eigenvalue weighted by Crippen LogP contribution is -2.66. The van der Waals surface area contributed by atoms with Crippen molar-refractivity contribution in [2.45, 2.75) is 62.8 Å². The highest BCUT2D eigenvalue weighted by atomic mass is 35.5. The summed E-state index contributed by atoms with van der Waals surface area (Å²) in [4.78, 5) is 13.1. The molecule has 1 N–H and O–H groups in total. The van der Waals surface area contributed by atoms with Gasteiger partial charge in [-0.1, -0.05) is 115 Å². The second-order valence-electron chi connectivity index (χ2n) is 13.2. The molecule has 8 nitrogen and oxygen atoms in total. The maximum absolute atomic E-state index is 13.1. The molecule has 1 aliphatic heterocycles. The number of carbonyl (C=O) groups is 1. The van der Waals surface area contributed by atoms with E-state index in [0.717, 1.165) is 16.7 Å². The van der Waals surface area contributed by atoms with Crippen molar-refractivity contribution in [2.24, 2.45) is 0 Å². The van der Waals surface area contributed by atoms with Crippen molar-refractivity contribution in [1.82, 2.24) is 0 Å². The zero-order chi connectivity index (χ0) is 38.9. The molecule has 0 amide bonds. The Bertz CT molecular complexity index is 1970. The molecule has 0 aliphatic carbocycles. The predicted molar refractivity (Wildman–Crippen MR) is 199 cm³/mol. The second-order valence-corrected chi connectivity index (χ2v) is 13.7. The Morgan fingerprint density at radius 2 is 1.36 bits per heavy atom. The summed E-state index contributed by atoms with van der Waals surface area (Å²) in [7, 11) is 1.67. The first-order chi connectivity index (χ1) is 26.5. The average molecular weight is 778 g/mol. The highest BCUT2D eigenvalue weighted by Gasteiger charge is 2.63. The topological polar surface area (TPSA) is 86.2 Å². The van der Waals surface area contributed by atoms with E-state index in [1.165, 1.54) is 24.3 Å². The Morgan fingerprint density at radius 3 is 1.93 bits per heavy atom. The standard InChI is InChI=1S/C43H41ClF3O8/c1-55(30-50-26-32-11-5-2-6-12-32)42(36-19-22-38(44)35(24-36)23-31-17-20-37(21-18-31)53-43(45,46)47)25-39(51-27-33-13-7-3-8-14-33)40(41(49,29-48)54-42)52-28-34-15-9-4-10-16-34/h2-22,24,29,39-40,49H,23,25-28,30H2,1H3/q+1. The van der Waals surface area contributed by atoms with Gasteiger partial charge in [-0.2, -0.15) is 0 Å². The molecule has 4 atom stereocenters. The molecule has 55 heavy (non-hydrogen) atoms. The van der Waals surface area contributed by atoms with Gasteiger partial charge >= 0.3 is 12.1 Å². The summed E-state index contributed by atoms with van der Waals surface area (Å²) in [5, 5.41) is 12.6. The Morgan fingerprint density at radius 1 is 0.800 bits per heavy atom. The van der Waals surface area contributed by atoms with Crippen molar-refractivity contribution in [3.63, 3.8) is 0 Å². The maximum Gasteiger partial charge on any atom is 0.573 e. The summed E-state index contributed by atoms with van der Waals surface area (Å²) >= 11 is 6.72. The number of hydrogen-bond acceptors (Lipinski definition) is 7. The van der Waals surface area contributed by atoms with Crippen molar-refractivity contribution in [1.29, 1.82) is 0 Å². The van der Waals surface area contributed by atoms with Crippen LogP contribution < -0.4 is 4.74 Å². The van der Waals surface area contributed by atoms with Gasteiger partial charge in [-0.25, -0.2) is 0 Å². The molecular weight excluding hydrogens is 737 g/mol. The molecule has 1 saturated heterocycles. The van der Waals surface area contributed by atoms with Crippen LogP contribution in [0.15, 0.2) is 133 Å². The third-order valence-corrected chi connectivity index (χ3v) is 9.63. The minimum Gasteiger partial charge on any atom is -0.406 e. The van der Waals surface area contributed by atoms with Crippen LogP contribution in [0.2, 0.25) is 5.02 Å². The van der Waals surface area contributed by atoms with Crippen LogP contribution >= 0.6 is 11.6 Å². The number of benzene rings is 5. The molecule has 12 heteroatoms. The highest BCUT2D eigenvalue weighted by molar-refractivity contribution is 6.31. The molecule has 0 bridgehead atoms. The van der Waals surface area contributed by atoms with Crippen LogP contribution in [0.5, 0.6) is 5.75 Å². The summed E-state index contributed by atoms with van der Waals surface area (Å²) in [6.07, 6.45) is -6.42. The van der Waals surface area contributed by atoms with E-state index >= 15 is 0 Å². The fourth-order valence-corrected chi connectivity index (χ4v) is 6.71. The van der Waals surface area contributed by atoms with Crippen molar-refractivity contribution in [3.05, 3.63) is 172 Å². The Balaban J connectivity index is 1.37. The minimum absolute atomic E-state index is 0.0376. The van der Waals surface area contributed by atoms with Crippen LogP contribution in [0.25, 0.3) is 0 Å². The van der Waals surface area contributed by atoms with Crippen LogP contribution in [-0.4, -0.2) is 49.7 Å². The molecule has 5 aromatic carbocycles. The van der Waals surface area contributed by atoms with E-state index in [1.54, 1.807) is 25.3 Å². The SMILES string of the molecule is C[O+](COCc1ccccc1)C1(c2ccc(Cl)c(Cc3ccc(OC(F)(F)F)cc3)c2)CC(OCc2ccccc2)C(OCc2ccccc2)C(O)(C=O)O1. The van der Waals surface area contributed by atoms with E-state index in [1.807, 2.05) is 91.0 Å². The molecule has 6 rings (SSSR count). The summed E-state index contributed by atoms with van der Waals surface area (Å²) in [5.74, 6) is -4.51. The zero-order valence-electron chi connectivity index (χ0n) is 30.0. The van der Waals surface area contributed by atoms with E-state index in [9.17, 15) is 23.1 Å². The lowest BCUT2D eigenvalue weighted by molar-refractivity contribution is -0.472. The fourth-order valence-electron chi connectivity index (χ4n) is 6.53. The molecule has 5 aromatic rings. The van der Waals surface area contributed by atoms with Crippen molar-refractivity contribution in [3.8, 4) is 5.75 Å². The molecule has 0 spiro atoms. The van der Waals surface area contributed by atoms with Gasteiger partial charge in [0.15, 0.2) is 6.29 Å². The average Bonchev–Trinajstić information content (AvgIpc) is 3.18. The van der Waals surface area contributed by atoms with E-state index in [0.29, 0.717) is 28.0 Å². The van der Waals surface area contributed by atoms with Gasteiger partial charge in [0.25, 0.3) is 12.6 Å². The predicted octanol–water partition coefficient (Wildman–Crippen LogP) is 8.82. The number of carbonyl (C=O) groups excluding carboxylic acids is 1. The highest BCUT2D eigenvalue weighted by Crippen LogP contribution is 2.48. The van der Waals surface area contributed by atoms with Crippen LogP contribution in [0.1, 0.15) is 39.8 Å². The van der Waals surface area contributed by atoms with Crippen molar-refractivity contribution >= 4 is 17.9 Å². The van der Waals surface area contributed by atoms with Gasteiger partial charge in [-0.05, 0) is 64.6 Å². The third kappa shape index (κ3) is 10.4. The molecular formula is C43H41ClF3O8+. The van der Waals surface area contributed by atoms with E-state index in [-0.39, 0.29) is 45.2 Å². The van der Waals surface area contributed by atoms with E-state index in [4.69, 9.17) is 30.5 Å². The molecule has 4 unspecified atom stereocenters. The van der Waals surface area contributed by atoms with Gasteiger partial charge in [-0.3, -0.25) is 9.53 Å². The second kappa shape index (κ2) is 17.9. The number of ether oxygens (including phenoxy) is 5. The van der Waals surface area contributed by atoms with Gasteiger partial charge in [-0.15, -0.1) is 13.2 Å². The summed E-state index contributed by atoms with van der Waals surface area (Å²) in [6.45, 7) is 0.372. The molecule has 0 radical (unpaired) electrons. The van der Waals surface area contributed by atoms with Crippen LogP contribution in [0, 0.1) is 0 Å². The van der Waals surface area contributed by atoms with Gasteiger partial charge in [0.2, 0.25) is 0 Å². The third-order valence-electron chi connectivity index (χ3n) is 9.26. The molecule has 1 aliphatic rings. The smallest absolute Gasteiger partial charge is 0.406 e. The van der Waals surface area contributed by atoms with E-state index in [2.05, 4.69) is 9.10 Å². The monoisotopic (exact) mass is 777 g/mol. The number of rotatable bonds is 16. The Labute approximate surface area is 322 Å². The number of halogens is 4. The number of alkyl halides is 3. The van der Waals surface area contributed by atoms with Crippen molar-refractivity contribution in [2.75, 3.05) is 13.9 Å². The van der Waals surface area contributed by atoms with Gasteiger partial charge in [0.1, 0.15) is 25.1 Å². The van der Waals surface area contributed by atoms with Gasteiger partial charge < -0.3 is 28.4 Å². The van der Waals surface area contributed by atoms with Crippen LogP contribution in [-0.2, 0) is 60.1 Å². The maximum atomic E-state index is 13.1. The summed E-state index contributed by atoms with van der Waals surface area (Å²) < 4.78 is 70.8. The lowest BCUT2D eigenvalue weighted by Gasteiger charge is -2.50. The largest absolute Gasteiger partial charge is 0.573 e. The number of hydrogen-bond donors (Lipinski definition) is 1. The number of aliphatic hydroxyl groups is 1. The molecule has 0 aromatic heterocycles. The minimum atomic E-state index is -4.82. The lowest BCUT2D eigenvalue weighted by atomic mass is 9.87. The van der Waals surface area contributed by atoms with Crippen LogP contribution in [0.3, 0.4) is 0 Å². The normalized spacial score (nSPS) is 21.4. The Hall–Kier alpha value is -4.59. The molecule has 288 valence electrons. The summed E-state index contributed by atoms with van der Waals surface area (Å²) in [6, 6.07) is 39.0. The molecule has 0 saturated carbocycles. The van der Waals surface area contributed by atoms with E-state index < -0.39 is 30.1 Å². The van der Waals surface area contributed by atoms with Crippen LogP contribution in [0.4, 0.5) is 13.2 Å². The van der Waals surface area contributed by atoms with Crippen molar-refractivity contribution < 1.29 is 51.1 Å². The number of aldehydes is 1. The zero-order valence-corrected chi connectivity index (χ0v) is 30.7. The van der Waals surface area contributed by atoms with Gasteiger partial charge in [0, 0.05) is 5.02 Å². The summed E-state index contributed by atoms with van der Waals surface area (Å²) in [5.41, 5.74) is 4.35. The quantitative estimate of drug-likeness (QED) is 0.0609. The molecule has 1 heterocycles. The molecule has 1 fully saturated rings. The van der Waals surface area contributed by atoms with Gasteiger partial charge in [0.05, 0.1) is 31.8 Å². The first-order valence-electron chi connectivity index (χ1n) is 17.5. The Kier molecular flexibility index (Phi) is 13.1. The first kappa shape index (κ1) is 40.1. The first-order valence-corrected chi connectivity index (χ1v) is 17.9. The fraction of sp³-hybridized carbons (Fsp3) is 0.279.